The van der Waals surface area contributed by atoms with Gasteiger partial charge in [-0.25, -0.2) is 4.98 Å². The Labute approximate surface area is 92.4 Å². The molecule has 1 heterocycles. The van der Waals surface area contributed by atoms with E-state index in [1.54, 1.807) is 13.2 Å². The number of amides is 1. The fraction of sp³-hybridized carbons (Fsp3) is 0.444. The van der Waals surface area contributed by atoms with E-state index in [2.05, 4.69) is 15.3 Å². The number of ether oxygens (including phenoxy) is 1. The van der Waals surface area contributed by atoms with Crippen molar-refractivity contribution in [2.24, 2.45) is 5.73 Å². The van der Waals surface area contributed by atoms with Crippen molar-refractivity contribution in [3.63, 3.8) is 0 Å². The number of carbonyl (C=O) groups excluding carboxylic acids is 2. The molecule has 0 radical (unpaired) electrons. The van der Waals surface area contributed by atoms with Gasteiger partial charge in [0.2, 0.25) is 0 Å². The highest BCUT2D eigenvalue weighted by molar-refractivity contribution is 5.81. The minimum Gasteiger partial charge on any atom is -0.454 e. The third-order valence-corrected chi connectivity index (χ3v) is 1.97. The maximum atomic E-state index is 11.5. The molecule has 0 aliphatic rings. The summed E-state index contributed by atoms with van der Waals surface area (Å²) in [7, 11) is 1.63. The number of hydrogen-bond donors (Lipinski definition) is 3. The standard InChI is InChI=1S/C9H14N4O3/c1-11-7(2-6-3-12-5-13-6)9(15)16-4-8(10)14/h3,5,7,11H,2,4H2,1H3,(H2,10,14)(H,12,13)/t7-/m0/s1. The van der Waals surface area contributed by atoms with Gasteiger partial charge in [0.1, 0.15) is 6.04 Å². The van der Waals surface area contributed by atoms with Crippen LogP contribution >= 0.6 is 0 Å². The van der Waals surface area contributed by atoms with Crippen molar-refractivity contribution in [1.82, 2.24) is 15.3 Å². The van der Waals surface area contributed by atoms with Crippen LogP contribution < -0.4 is 11.1 Å². The monoisotopic (exact) mass is 226 g/mol. The van der Waals surface area contributed by atoms with Crippen LogP contribution in [-0.4, -0.2) is 41.5 Å². The normalized spacial score (nSPS) is 12.1. The van der Waals surface area contributed by atoms with Gasteiger partial charge in [0.15, 0.2) is 6.61 Å². The number of carbonyl (C=O) groups is 2. The molecule has 1 rings (SSSR count). The molecule has 0 saturated carbocycles. The summed E-state index contributed by atoms with van der Waals surface area (Å²) in [5, 5.41) is 2.79. The quantitative estimate of drug-likeness (QED) is 0.515. The summed E-state index contributed by atoms with van der Waals surface area (Å²) in [4.78, 5) is 28.6. The van der Waals surface area contributed by atoms with Gasteiger partial charge in [0.05, 0.1) is 6.33 Å². The van der Waals surface area contributed by atoms with Gasteiger partial charge in [-0.15, -0.1) is 0 Å². The zero-order chi connectivity index (χ0) is 12.0. The molecule has 1 atom stereocenters. The number of primary amides is 1. The molecule has 88 valence electrons. The van der Waals surface area contributed by atoms with Crippen LogP contribution in [0.5, 0.6) is 0 Å². The molecule has 0 spiro atoms. The van der Waals surface area contributed by atoms with E-state index < -0.39 is 24.5 Å². The molecule has 0 saturated heterocycles. The molecule has 1 aromatic rings. The Morgan fingerprint density at radius 3 is 2.94 bits per heavy atom. The third-order valence-electron chi connectivity index (χ3n) is 1.97. The lowest BCUT2D eigenvalue weighted by Gasteiger charge is -2.13. The van der Waals surface area contributed by atoms with E-state index in [4.69, 9.17) is 10.5 Å². The van der Waals surface area contributed by atoms with Gasteiger partial charge in [-0.3, -0.25) is 9.59 Å². The largest absolute Gasteiger partial charge is 0.454 e. The first-order valence-electron chi connectivity index (χ1n) is 4.73. The second kappa shape index (κ2) is 5.86. The number of esters is 1. The van der Waals surface area contributed by atoms with E-state index in [1.165, 1.54) is 6.33 Å². The average Bonchev–Trinajstić information content (AvgIpc) is 2.75. The number of nitrogens with two attached hydrogens (primary N) is 1. The number of aromatic amines is 1. The highest BCUT2D eigenvalue weighted by Gasteiger charge is 2.19. The van der Waals surface area contributed by atoms with Crippen molar-refractivity contribution in [2.45, 2.75) is 12.5 Å². The molecule has 0 aliphatic heterocycles. The fourth-order valence-corrected chi connectivity index (χ4v) is 1.16. The van der Waals surface area contributed by atoms with E-state index in [-0.39, 0.29) is 0 Å². The number of H-pyrrole nitrogens is 1. The van der Waals surface area contributed by atoms with Crippen molar-refractivity contribution in [3.05, 3.63) is 18.2 Å². The minimum absolute atomic E-state index is 0.403. The van der Waals surface area contributed by atoms with Crippen LogP contribution in [0.4, 0.5) is 0 Å². The highest BCUT2D eigenvalue weighted by Crippen LogP contribution is 2.00. The van der Waals surface area contributed by atoms with Gasteiger partial charge < -0.3 is 20.8 Å². The number of likely N-dealkylation sites (N-methyl/N-ethyl adjacent to an activating group) is 1. The second-order valence-electron chi connectivity index (χ2n) is 3.20. The van der Waals surface area contributed by atoms with Gasteiger partial charge in [-0.1, -0.05) is 0 Å². The Morgan fingerprint density at radius 1 is 1.69 bits per heavy atom. The number of aromatic nitrogens is 2. The molecular weight excluding hydrogens is 212 g/mol. The molecule has 4 N–H and O–H groups in total. The molecule has 0 fully saturated rings. The smallest absolute Gasteiger partial charge is 0.324 e. The lowest BCUT2D eigenvalue weighted by molar-refractivity contribution is -0.149. The van der Waals surface area contributed by atoms with Crippen LogP contribution in [0.25, 0.3) is 0 Å². The van der Waals surface area contributed by atoms with Crippen LogP contribution in [0.15, 0.2) is 12.5 Å². The molecule has 0 unspecified atom stereocenters. The Kier molecular flexibility index (Phi) is 4.46. The van der Waals surface area contributed by atoms with Crippen molar-refractivity contribution < 1.29 is 14.3 Å². The van der Waals surface area contributed by atoms with Crippen molar-refractivity contribution >= 4 is 11.9 Å². The Morgan fingerprint density at radius 2 is 2.44 bits per heavy atom. The summed E-state index contributed by atoms with van der Waals surface area (Å²) in [6, 6.07) is -0.528. The molecule has 0 bridgehead atoms. The summed E-state index contributed by atoms with van der Waals surface area (Å²) in [6.07, 6.45) is 3.55. The summed E-state index contributed by atoms with van der Waals surface area (Å²) in [6.45, 7) is -0.403. The molecule has 1 amide bonds. The van der Waals surface area contributed by atoms with Crippen molar-refractivity contribution in [2.75, 3.05) is 13.7 Å². The topological polar surface area (TPSA) is 110 Å². The lowest BCUT2D eigenvalue weighted by atomic mass is 10.2. The molecule has 0 aliphatic carbocycles. The van der Waals surface area contributed by atoms with Crippen LogP contribution in [0.1, 0.15) is 5.69 Å². The third kappa shape index (κ3) is 3.70. The molecular formula is C9H14N4O3. The van der Waals surface area contributed by atoms with Gasteiger partial charge >= 0.3 is 5.97 Å². The summed E-state index contributed by atoms with van der Waals surface area (Å²) in [5.74, 6) is -1.19. The highest BCUT2D eigenvalue weighted by atomic mass is 16.5. The maximum Gasteiger partial charge on any atom is 0.324 e. The van der Waals surface area contributed by atoms with Gasteiger partial charge in [-0.05, 0) is 7.05 Å². The Hall–Kier alpha value is -1.89. The van der Waals surface area contributed by atoms with E-state index in [0.717, 1.165) is 5.69 Å². The van der Waals surface area contributed by atoms with Gasteiger partial charge in [-0.2, -0.15) is 0 Å². The fourth-order valence-electron chi connectivity index (χ4n) is 1.16. The average molecular weight is 226 g/mol. The predicted octanol–water partition coefficient (Wildman–Crippen LogP) is -1.43. The number of hydrogen-bond acceptors (Lipinski definition) is 5. The van der Waals surface area contributed by atoms with Crippen molar-refractivity contribution in [3.8, 4) is 0 Å². The maximum absolute atomic E-state index is 11.5. The van der Waals surface area contributed by atoms with E-state index in [0.29, 0.717) is 6.42 Å². The molecule has 7 heteroatoms. The first-order chi connectivity index (χ1) is 7.63. The molecule has 0 aromatic carbocycles. The lowest BCUT2D eigenvalue weighted by Crippen LogP contribution is -2.38. The second-order valence-corrected chi connectivity index (χ2v) is 3.20. The SMILES string of the molecule is CN[C@@H](Cc1cnc[nH]1)C(=O)OCC(N)=O. The van der Waals surface area contributed by atoms with E-state index in [9.17, 15) is 9.59 Å². The molecule has 1 aromatic heterocycles. The number of nitrogens with zero attached hydrogens (tertiary/aromatic N) is 1. The van der Waals surface area contributed by atoms with Crippen LogP contribution in [0.3, 0.4) is 0 Å². The summed E-state index contributed by atoms with van der Waals surface area (Å²) in [5.41, 5.74) is 5.67. The number of imidazole rings is 1. The summed E-state index contributed by atoms with van der Waals surface area (Å²) >= 11 is 0. The zero-order valence-electron chi connectivity index (χ0n) is 8.90. The Balaban J connectivity index is 2.47. The van der Waals surface area contributed by atoms with Gasteiger partial charge in [0.25, 0.3) is 5.91 Å². The van der Waals surface area contributed by atoms with Crippen LogP contribution in [0.2, 0.25) is 0 Å². The minimum atomic E-state index is -0.676. The first-order valence-corrected chi connectivity index (χ1v) is 4.73. The van der Waals surface area contributed by atoms with Crippen LogP contribution in [0, 0.1) is 0 Å². The molecule has 16 heavy (non-hydrogen) atoms. The predicted molar refractivity (Wildman–Crippen MR) is 55.3 cm³/mol. The van der Waals surface area contributed by atoms with E-state index >= 15 is 0 Å². The van der Waals surface area contributed by atoms with Crippen molar-refractivity contribution in [1.29, 1.82) is 0 Å². The summed E-state index contributed by atoms with van der Waals surface area (Å²) < 4.78 is 4.69. The molecule has 7 nitrogen and oxygen atoms in total. The Bertz CT molecular complexity index is 350. The number of rotatable bonds is 6. The number of nitrogens with one attached hydrogen (secondary N) is 2. The van der Waals surface area contributed by atoms with Gasteiger partial charge in [0, 0.05) is 18.3 Å². The van der Waals surface area contributed by atoms with Crippen LogP contribution in [-0.2, 0) is 20.7 Å². The first kappa shape index (κ1) is 12.2. The zero-order valence-corrected chi connectivity index (χ0v) is 8.90. The van der Waals surface area contributed by atoms with E-state index in [1.807, 2.05) is 0 Å².